The van der Waals surface area contributed by atoms with Crippen LogP contribution in [0.5, 0.6) is 5.75 Å². The SMILES string of the molecule is Cc1ccc(OCC2CCC(C3CCC(C)CC3)CC2)c(F)c1C(F)F. The van der Waals surface area contributed by atoms with Crippen LogP contribution in [-0.2, 0) is 0 Å². The predicted octanol–water partition coefficient (Wildman–Crippen LogP) is 7.08. The summed E-state index contributed by atoms with van der Waals surface area (Å²) in [7, 11) is 0. The molecule has 1 nitrogen and oxygen atoms in total. The highest BCUT2D eigenvalue weighted by molar-refractivity contribution is 5.37. The molecular weight excluding hydrogens is 337 g/mol. The topological polar surface area (TPSA) is 9.23 Å². The smallest absolute Gasteiger partial charge is 0.267 e. The summed E-state index contributed by atoms with van der Waals surface area (Å²) >= 11 is 0. The zero-order valence-corrected chi connectivity index (χ0v) is 15.9. The molecule has 0 unspecified atom stereocenters. The molecule has 4 heteroatoms. The predicted molar refractivity (Wildman–Crippen MR) is 98.2 cm³/mol. The van der Waals surface area contributed by atoms with Crippen LogP contribution >= 0.6 is 0 Å². The van der Waals surface area contributed by atoms with Crippen LogP contribution in [0.2, 0.25) is 0 Å². The van der Waals surface area contributed by atoms with Crippen LogP contribution in [0.25, 0.3) is 0 Å². The Kier molecular flexibility index (Phi) is 6.52. The monoisotopic (exact) mass is 368 g/mol. The van der Waals surface area contributed by atoms with Crippen LogP contribution in [0, 0.1) is 36.4 Å². The van der Waals surface area contributed by atoms with E-state index in [-0.39, 0.29) is 11.3 Å². The van der Waals surface area contributed by atoms with Crippen molar-refractivity contribution in [1.29, 1.82) is 0 Å². The van der Waals surface area contributed by atoms with E-state index in [0.717, 1.165) is 30.6 Å². The minimum absolute atomic E-state index is 0.0331. The molecule has 0 bridgehead atoms. The molecule has 26 heavy (non-hydrogen) atoms. The summed E-state index contributed by atoms with van der Waals surface area (Å²) in [6, 6.07) is 2.99. The number of hydrogen-bond donors (Lipinski definition) is 0. The lowest BCUT2D eigenvalue weighted by molar-refractivity contribution is 0.122. The van der Waals surface area contributed by atoms with Crippen molar-refractivity contribution in [3.63, 3.8) is 0 Å². The standard InChI is InChI=1S/C22H31F3O/c1-14-3-8-17(9-4-14)18-10-6-16(7-11-18)13-26-19-12-5-15(2)20(21(19)23)22(24)25/h5,12,14,16-18,22H,3-4,6-11,13H2,1-2H3. The van der Waals surface area contributed by atoms with Gasteiger partial charge in [-0.1, -0.05) is 25.8 Å². The fourth-order valence-corrected chi connectivity index (χ4v) is 4.84. The Labute approximate surface area is 155 Å². The quantitative estimate of drug-likeness (QED) is 0.539. The number of rotatable bonds is 5. The zero-order valence-electron chi connectivity index (χ0n) is 15.9. The van der Waals surface area contributed by atoms with Crippen LogP contribution < -0.4 is 4.74 Å². The maximum atomic E-state index is 14.3. The Morgan fingerprint density at radius 3 is 2.12 bits per heavy atom. The third kappa shape index (κ3) is 4.55. The van der Waals surface area contributed by atoms with E-state index in [9.17, 15) is 13.2 Å². The Bertz CT molecular complexity index is 585. The maximum absolute atomic E-state index is 14.3. The van der Waals surface area contributed by atoms with E-state index in [0.29, 0.717) is 12.5 Å². The molecule has 1 aromatic carbocycles. The third-order valence-electron chi connectivity index (χ3n) is 6.67. The van der Waals surface area contributed by atoms with Crippen molar-refractivity contribution >= 4 is 0 Å². The maximum Gasteiger partial charge on any atom is 0.267 e. The van der Waals surface area contributed by atoms with Gasteiger partial charge in [-0.05, 0) is 80.8 Å². The minimum atomic E-state index is -2.81. The van der Waals surface area contributed by atoms with E-state index in [2.05, 4.69) is 6.92 Å². The van der Waals surface area contributed by atoms with E-state index in [1.54, 1.807) is 0 Å². The fourth-order valence-electron chi connectivity index (χ4n) is 4.84. The molecule has 0 aromatic heterocycles. The average molecular weight is 368 g/mol. The van der Waals surface area contributed by atoms with Crippen LogP contribution in [0.15, 0.2) is 12.1 Å². The van der Waals surface area contributed by atoms with Crippen molar-refractivity contribution in [3.8, 4) is 5.75 Å². The second-order valence-electron chi connectivity index (χ2n) is 8.52. The van der Waals surface area contributed by atoms with Gasteiger partial charge >= 0.3 is 0 Å². The van der Waals surface area contributed by atoms with Gasteiger partial charge < -0.3 is 4.74 Å². The first-order chi connectivity index (χ1) is 12.5. The third-order valence-corrected chi connectivity index (χ3v) is 6.67. The molecule has 0 spiro atoms. The Morgan fingerprint density at radius 2 is 1.54 bits per heavy atom. The first kappa shape index (κ1) is 19.6. The molecule has 2 fully saturated rings. The number of halogens is 3. The van der Waals surface area contributed by atoms with Crippen LogP contribution in [0.1, 0.15) is 75.8 Å². The van der Waals surface area contributed by atoms with Gasteiger partial charge in [0.15, 0.2) is 11.6 Å². The summed E-state index contributed by atoms with van der Waals surface area (Å²) in [4.78, 5) is 0. The molecule has 0 saturated heterocycles. The highest BCUT2D eigenvalue weighted by atomic mass is 19.3. The highest BCUT2D eigenvalue weighted by Crippen LogP contribution is 2.41. The van der Waals surface area contributed by atoms with Crippen molar-refractivity contribution in [2.75, 3.05) is 6.61 Å². The molecule has 0 heterocycles. The lowest BCUT2D eigenvalue weighted by atomic mass is 9.69. The van der Waals surface area contributed by atoms with Crippen molar-refractivity contribution in [2.45, 2.75) is 71.6 Å². The summed E-state index contributed by atoms with van der Waals surface area (Å²) in [5.74, 6) is 2.08. The van der Waals surface area contributed by atoms with Gasteiger partial charge in [0.2, 0.25) is 0 Å². The van der Waals surface area contributed by atoms with Crippen LogP contribution in [-0.4, -0.2) is 6.61 Å². The molecule has 0 aliphatic heterocycles. The second-order valence-corrected chi connectivity index (χ2v) is 8.52. The minimum Gasteiger partial charge on any atom is -0.490 e. The lowest BCUT2D eigenvalue weighted by Gasteiger charge is -2.37. The van der Waals surface area contributed by atoms with E-state index < -0.39 is 17.8 Å². The number of hydrogen-bond acceptors (Lipinski definition) is 1. The van der Waals surface area contributed by atoms with E-state index >= 15 is 0 Å². The normalized spacial score (nSPS) is 29.8. The molecule has 0 atom stereocenters. The molecule has 2 aliphatic rings. The number of benzene rings is 1. The molecule has 1 aromatic rings. The molecular formula is C22H31F3O. The van der Waals surface area contributed by atoms with Gasteiger partial charge in [-0.15, -0.1) is 0 Å². The number of alkyl halides is 2. The number of ether oxygens (including phenoxy) is 1. The first-order valence-corrected chi connectivity index (χ1v) is 10.2. The molecule has 0 N–H and O–H groups in total. The van der Waals surface area contributed by atoms with Crippen molar-refractivity contribution in [1.82, 2.24) is 0 Å². The van der Waals surface area contributed by atoms with Crippen molar-refractivity contribution in [2.24, 2.45) is 23.7 Å². The van der Waals surface area contributed by atoms with Gasteiger partial charge in [0.25, 0.3) is 6.43 Å². The van der Waals surface area contributed by atoms with Gasteiger partial charge in [-0.2, -0.15) is 0 Å². The van der Waals surface area contributed by atoms with E-state index in [4.69, 9.17) is 4.74 Å². The van der Waals surface area contributed by atoms with Crippen molar-refractivity contribution < 1.29 is 17.9 Å². The summed E-state index contributed by atoms with van der Waals surface area (Å²) in [6.07, 6.45) is 7.33. The summed E-state index contributed by atoms with van der Waals surface area (Å²) in [6.45, 7) is 4.28. The molecule has 146 valence electrons. The largest absolute Gasteiger partial charge is 0.490 e. The molecule has 0 amide bonds. The van der Waals surface area contributed by atoms with Crippen molar-refractivity contribution in [3.05, 3.63) is 29.1 Å². The summed E-state index contributed by atoms with van der Waals surface area (Å²) in [5, 5.41) is 0. The molecule has 2 saturated carbocycles. The molecule has 2 aliphatic carbocycles. The molecule has 0 radical (unpaired) electrons. The lowest BCUT2D eigenvalue weighted by Crippen LogP contribution is -2.27. The van der Waals surface area contributed by atoms with Crippen LogP contribution in [0.4, 0.5) is 13.2 Å². The second kappa shape index (κ2) is 8.67. The highest BCUT2D eigenvalue weighted by Gasteiger charge is 2.30. The van der Waals surface area contributed by atoms with Gasteiger partial charge in [-0.3, -0.25) is 0 Å². The Hall–Kier alpha value is -1.19. The first-order valence-electron chi connectivity index (χ1n) is 10.2. The summed E-state index contributed by atoms with van der Waals surface area (Å²) in [5.41, 5.74) is -0.259. The van der Waals surface area contributed by atoms with Gasteiger partial charge in [0, 0.05) is 0 Å². The Balaban J connectivity index is 1.49. The molecule has 3 rings (SSSR count). The summed E-state index contributed by atoms with van der Waals surface area (Å²) < 4.78 is 45.9. The Morgan fingerprint density at radius 1 is 0.962 bits per heavy atom. The zero-order chi connectivity index (χ0) is 18.7. The average Bonchev–Trinajstić information content (AvgIpc) is 2.62. The fraction of sp³-hybridized carbons (Fsp3) is 0.727. The van der Waals surface area contributed by atoms with Gasteiger partial charge in [0.05, 0.1) is 12.2 Å². The van der Waals surface area contributed by atoms with Gasteiger partial charge in [-0.25, -0.2) is 13.2 Å². The van der Waals surface area contributed by atoms with Crippen LogP contribution in [0.3, 0.4) is 0 Å². The van der Waals surface area contributed by atoms with Gasteiger partial charge in [0.1, 0.15) is 0 Å². The van der Waals surface area contributed by atoms with E-state index in [1.165, 1.54) is 57.6 Å². The number of aryl methyl sites for hydroxylation is 1. The van der Waals surface area contributed by atoms with E-state index in [1.807, 2.05) is 0 Å².